The molecule has 0 aliphatic rings. The van der Waals surface area contributed by atoms with Gasteiger partial charge in [-0.3, -0.25) is 0 Å². The molecule has 0 bridgehead atoms. The second-order valence-electron chi connectivity index (χ2n) is 4.76. The molecule has 2 rings (SSSR count). The van der Waals surface area contributed by atoms with Gasteiger partial charge in [-0.25, -0.2) is 18.1 Å². The van der Waals surface area contributed by atoms with Gasteiger partial charge in [-0.15, -0.1) is 0 Å². The molecule has 1 unspecified atom stereocenters. The lowest BCUT2D eigenvalue weighted by molar-refractivity contribution is 0.580. The predicted molar refractivity (Wildman–Crippen MR) is 81.4 cm³/mol. The molecular formula is C14H20N4O2S. The van der Waals surface area contributed by atoms with Crippen molar-refractivity contribution >= 4 is 10.0 Å². The summed E-state index contributed by atoms with van der Waals surface area (Å²) in [6, 6.07) is 7.08. The molecule has 0 saturated carbocycles. The van der Waals surface area contributed by atoms with Crippen LogP contribution in [-0.4, -0.2) is 32.0 Å². The predicted octanol–water partition coefficient (Wildman–Crippen LogP) is 1.21. The molecule has 7 heteroatoms. The van der Waals surface area contributed by atoms with E-state index >= 15 is 0 Å². The van der Waals surface area contributed by atoms with Crippen molar-refractivity contribution in [3.8, 4) is 0 Å². The Balaban J connectivity index is 1.98. The van der Waals surface area contributed by atoms with Gasteiger partial charge in [0.2, 0.25) is 10.0 Å². The van der Waals surface area contributed by atoms with Crippen molar-refractivity contribution in [3.63, 3.8) is 0 Å². The molecule has 1 aromatic carbocycles. The zero-order valence-corrected chi connectivity index (χ0v) is 12.9. The fourth-order valence-electron chi connectivity index (χ4n) is 1.92. The highest BCUT2D eigenvalue weighted by molar-refractivity contribution is 7.89. The first-order chi connectivity index (χ1) is 10.0. The van der Waals surface area contributed by atoms with Crippen molar-refractivity contribution in [2.45, 2.75) is 24.3 Å². The van der Waals surface area contributed by atoms with Gasteiger partial charge in [-0.1, -0.05) is 12.1 Å². The Labute approximate surface area is 125 Å². The molecule has 21 heavy (non-hydrogen) atoms. The molecule has 0 aliphatic heterocycles. The van der Waals surface area contributed by atoms with Crippen LogP contribution < -0.4 is 10.0 Å². The molecule has 0 radical (unpaired) electrons. The topological polar surface area (TPSA) is 86.9 Å². The number of H-pyrrole nitrogens is 1. The largest absolute Gasteiger partial charge is 0.349 e. The lowest BCUT2D eigenvalue weighted by atomic mass is 10.1. The van der Waals surface area contributed by atoms with Gasteiger partial charge in [-0.2, -0.15) is 0 Å². The molecule has 0 fully saturated rings. The Bertz CT molecular complexity index is 651. The standard InChI is InChI=1S/C14H20N4O2S/c1-11(15-2)12-3-5-13(6-4-12)21(19,20)18-8-7-14-16-9-10-17-14/h3-6,9-11,15,18H,7-8H2,1-2H3,(H,16,17). The van der Waals surface area contributed by atoms with Crippen LogP contribution in [0.15, 0.2) is 41.6 Å². The maximum absolute atomic E-state index is 12.2. The van der Waals surface area contributed by atoms with Gasteiger partial charge in [0.1, 0.15) is 5.82 Å². The fourth-order valence-corrected chi connectivity index (χ4v) is 2.96. The van der Waals surface area contributed by atoms with E-state index in [0.717, 1.165) is 11.4 Å². The zero-order chi connectivity index (χ0) is 15.3. The van der Waals surface area contributed by atoms with E-state index in [1.165, 1.54) is 0 Å². The van der Waals surface area contributed by atoms with Crippen molar-refractivity contribution in [1.82, 2.24) is 20.0 Å². The highest BCUT2D eigenvalue weighted by Gasteiger charge is 2.14. The third-order valence-electron chi connectivity index (χ3n) is 3.33. The molecule has 0 spiro atoms. The van der Waals surface area contributed by atoms with Gasteiger partial charge >= 0.3 is 0 Å². The van der Waals surface area contributed by atoms with Crippen LogP contribution >= 0.6 is 0 Å². The summed E-state index contributed by atoms with van der Waals surface area (Å²) < 4.78 is 26.9. The van der Waals surface area contributed by atoms with E-state index in [-0.39, 0.29) is 10.9 Å². The minimum atomic E-state index is -3.47. The third-order valence-corrected chi connectivity index (χ3v) is 4.81. The molecule has 0 amide bonds. The van der Waals surface area contributed by atoms with Gasteiger partial charge in [0.15, 0.2) is 0 Å². The fraction of sp³-hybridized carbons (Fsp3) is 0.357. The number of aromatic nitrogens is 2. The Morgan fingerprint density at radius 3 is 2.57 bits per heavy atom. The Morgan fingerprint density at radius 1 is 1.29 bits per heavy atom. The third kappa shape index (κ3) is 4.13. The van der Waals surface area contributed by atoms with E-state index < -0.39 is 10.0 Å². The van der Waals surface area contributed by atoms with Crippen LogP contribution in [0.1, 0.15) is 24.4 Å². The van der Waals surface area contributed by atoms with E-state index in [4.69, 9.17) is 0 Å². The molecule has 3 N–H and O–H groups in total. The van der Waals surface area contributed by atoms with Crippen LogP contribution in [0.2, 0.25) is 0 Å². The van der Waals surface area contributed by atoms with Gasteiger partial charge in [0.05, 0.1) is 4.90 Å². The number of rotatable bonds is 7. The molecule has 2 aromatic rings. The number of imidazole rings is 1. The first-order valence-corrected chi connectivity index (χ1v) is 8.26. The molecule has 6 nitrogen and oxygen atoms in total. The van der Waals surface area contributed by atoms with E-state index in [1.807, 2.05) is 26.1 Å². The van der Waals surface area contributed by atoms with Crippen molar-refractivity contribution in [1.29, 1.82) is 0 Å². The second kappa shape index (κ2) is 6.84. The molecule has 0 aliphatic carbocycles. The first-order valence-electron chi connectivity index (χ1n) is 6.78. The van der Waals surface area contributed by atoms with E-state index in [9.17, 15) is 8.42 Å². The average Bonchev–Trinajstić information content (AvgIpc) is 2.99. The Morgan fingerprint density at radius 2 is 2.00 bits per heavy atom. The van der Waals surface area contributed by atoms with Crippen LogP contribution in [-0.2, 0) is 16.4 Å². The monoisotopic (exact) mass is 308 g/mol. The highest BCUT2D eigenvalue weighted by Crippen LogP contribution is 2.15. The molecular weight excluding hydrogens is 288 g/mol. The summed E-state index contributed by atoms with van der Waals surface area (Å²) in [5, 5.41) is 3.11. The zero-order valence-electron chi connectivity index (χ0n) is 12.1. The number of nitrogens with one attached hydrogen (secondary N) is 3. The quantitative estimate of drug-likeness (QED) is 0.717. The lowest BCUT2D eigenvalue weighted by Crippen LogP contribution is -2.26. The van der Waals surface area contributed by atoms with Crippen LogP contribution in [0.3, 0.4) is 0 Å². The van der Waals surface area contributed by atoms with Crippen LogP contribution in [0.4, 0.5) is 0 Å². The maximum atomic E-state index is 12.2. The number of sulfonamides is 1. The van der Waals surface area contributed by atoms with Crippen LogP contribution in [0.5, 0.6) is 0 Å². The summed E-state index contributed by atoms with van der Waals surface area (Å²) in [5.41, 5.74) is 1.05. The minimum absolute atomic E-state index is 0.189. The minimum Gasteiger partial charge on any atom is -0.349 e. The normalized spacial score (nSPS) is 13.2. The Hall–Kier alpha value is -1.70. The first kappa shape index (κ1) is 15.7. The summed E-state index contributed by atoms with van der Waals surface area (Å²) in [6.07, 6.45) is 3.89. The lowest BCUT2D eigenvalue weighted by Gasteiger charge is -2.11. The molecule has 114 valence electrons. The van der Waals surface area contributed by atoms with E-state index in [0.29, 0.717) is 13.0 Å². The molecule has 1 aromatic heterocycles. The van der Waals surface area contributed by atoms with Gasteiger partial charge in [-0.05, 0) is 31.7 Å². The number of aromatic amines is 1. The van der Waals surface area contributed by atoms with E-state index in [1.54, 1.807) is 24.5 Å². The van der Waals surface area contributed by atoms with Gasteiger partial charge in [0, 0.05) is 31.4 Å². The smallest absolute Gasteiger partial charge is 0.240 e. The van der Waals surface area contributed by atoms with Crippen molar-refractivity contribution in [2.24, 2.45) is 0 Å². The average molecular weight is 308 g/mol. The summed E-state index contributed by atoms with van der Waals surface area (Å²) >= 11 is 0. The van der Waals surface area contributed by atoms with Crippen LogP contribution in [0.25, 0.3) is 0 Å². The summed E-state index contributed by atoms with van der Waals surface area (Å²) in [6.45, 7) is 2.33. The number of hydrogen-bond acceptors (Lipinski definition) is 4. The summed E-state index contributed by atoms with van der Waals surface area (Å²) in [5.74, 6) is 0.760. The van der Waals surface area contributed by atoms with Crippen molar-refractivity contribution < 1.29 is 8.42 Å². The second-order valence-corrected chi connectivity index (χ2v) is 6.53. The SMILES string of the molecule is CNC(C)c1ccc(S(=O)(=O)NCCc2ncc[nH]2)cc1. The number of benzene rings is 1. The van der Waals surface area contributed by atoms with Gasteiger partial charge < -0.3 is 10.3 Å². The summed E-state index contributed by atoms with van der Waals surface area (Å²) in [7, 11) is -1.61. The molecule has 1 heterocycles. The number of nitrogens with zero attached hydrogens (tertiary/aromatic N) is 1. The number of hydrogen-bond donors (Lipinski definition) is 3. The molecule has 0 saturated heterocycles. The van der Waals surface area contributed by atoms with Crippen LogP contribution in [0, 0.1) is 0 Å². The van der Waals surface area contributed by atoms with Gasteiger partial charge in [0.25, 0.3) is 0 Å². The molecule has 1 atom stereocenters. The van der Waals surface area contributed by atoms with Crippen molar-refractivity contribution in [3.05, 3.63) is 48.0 Å². The summed E-state index contributed by atoms with van der Waals surface area (Å²) in [4.78, 5) is 7.26. The van der Waals surface area contributed by atoms with Crippen molar-refractivity contribution in [2.75, 3.05) is 13.6 Å². The Kier molecular flexibility index (Phi) is 5.11. The highest BCUT2D eigenvalue weighted by atomic mass is 32.2. The van der Waals surface area contributed by atoms with E-state index in [2.05, 4.69) is 20.0 Å². The maximum Gasteiger partial charge on any atom is 0.240 e.